The molecular weight excluding hydrogens is 427 g/mol. The van der Waals surface area contributed by atoms with Crippen LogP contribution in [0.5, 0.6) is 11.5 Å². The van der Waals surface area contributed by atoms with Crippen molar-refractivity contribution in [3.8, 4) is 22.8 Å². The fourth-order valence-corrected chi connectivity index (χ4v) is 3.45. The van der Waals surface area contributed by atoms with Gasteiger partial charge >= 0.3 is 0 Å². The Morgan fingerprint density at radius 1 is 1.09 bits per heavy atom. The lowest BCUT2D eigenvalue weighted by Gasteiger charge is -2.09. The van der Waals surface area contributed by atoms with E-state index in [1.807, 2.05) is 18.2 Å². The van der Waals surface area contributed by atoms with Gasteiger partial charge in [-0.15, -0.1) is 10.2 Å². The lowest BCUT2D eigenvalue weighted by atomic mass is 10.1. The average molecular weight is 444 g/mol. The molecule has 3 aromatic heterocycles. The summed E-state index contributed by atoms with van der Waals surface area (Å²) in [4.78, 5) is 15.6. The first-order chi connectivity index (χ1) is 16.0. The molecule has 2 N–H and O–H groups in total. The molecule has 5 aromatic rings. The molecule has 0 unspecified atom stereocenters. The molecular formula is C23H17FN6O3. The van der Waals surface area contributed by atoms with E-state index in [2.05, 4.69) is 20.3 Å². The Labute approximate surface area is 186 Å². The molecule has 9 nitrogen and oxygen atoms in total. The number of hydrogen-bond acceptors (Lipinski definition) is 7. The third kappa shape index (κ3) is 3.78. The number of carbonyl (C=O) groups excluding carboxylic acids is 1. The summed E-state index contributed by atoms with van der Waals surface area (Å²) in [5.41, 5.74) is 7.19. The van der Waals surface area contributed by atoms with Crippen LogP contribution in [0.2, 0.25) is 0 Å². The third-order valence-electron chi connectivity index (χ3n) is 5.12. The number of pyridine rings is 1. The molecule has 0 atom stereocenters. The lowest BCUT2D eigenvalue weighted by molar-refractivity contribution is 0.0996. The molecule has 0 saturated heterocycles. The number of carbonyl (C=O) groups is 1. The van der Waals surface area contributed by atoms with Gasteiger partial charge in [0.25, 0.3) is 5.91 Å². The van der Waals surface area contributed by atoms with E-state index in [0.29, 0.717) is 34.2 Å². The molecule has 0 radical (unpaired) electrons. The van der Waals surface area contributed by atoms with Gasteiger partial charge in [-0.3, -0.25) is 9.78 Å². The summed E-state index contributed by atoms with van der Waals surface area (Å²) in [7, 11) is 1.60. The summed E-state index contributed by atoms with van der Waals surface area (Å²) in [6, 6.07) is 14.8. The Morgan fingerprint density at radius 3 is 2.76 bits per heavy atom. The van der Waals surface area contributed by atoms with Crippen molar-refractivity contribution < 1.29 is 18.7 Å². The monoisotopic (exact) mass is 444 g/mol. The van der Waals surface area contributed by atoms with Gasteiger partial charge in [0.2, 0.25) is 0 Å². The van der Waals surface area contributed by atoms with Gasteiger partial charge in [0, 0.05) is 23.2 Å². The van der Waals surface area contributed by atoms with Crippen molar-refractivity contribution in [3.63, 3.8) is 0 Å². The first-order valence-electron chi connectivity index (χ1n) is 9.90. The topological polar surface area (TPSA) is 118 Å². The summed E-state index contributed by atoms with van der Waals surface area (Å²) >= 11 is 0. The Morgan fingerprint density at radius 2 is 1.97 bits per heavy atom. The Hall–Kier alpha value is -4.60. The minimum Gasteiger partial charge on any atom is -0.497 e. The van der Waals surface area contributed by atoms with Gasteiger partial charge in [0.05, 0.1) is 23.9 Å². The predicted octanol–water partition coefficient (Wildman–Crippen LogP) is 3.17. The highest BCUT2D eigenvalue weighted by molar-refractivity contribution is 5.93. The smallest absolute Gasteiger partial charge is 0.251 e. The molecule has 0 aliphatic carbocycles. The van der Waals surface area contributed by atoms with Crippen LogP contribution in [-0.4, -0.2) is 37.8 Å². The Bertz CT molecular complexity index is 1520. The summed E-state index contributed by atoms with van der Waals surface area (Å²) in [5.74, 6) is 0.241. The van der Waals surface area contributed by atoms with E-state index in [-0.39, 0.29) is 12.2 Å². The predicted molar refractivity (Wildman–Crippen MR) is 117 cm³/mol. The second kappa shape index (κ2) is 8.15. The number of fused-ring (bicyclic) bond motifs is 2. The van der Waals surface area contributed by atoms with Crippen LogP contribution in [0.25, 0.3) is 27.8 Å². The van der Waals surface area contributed by atoms with Crippen LogP contribution in [0.4, 0.5) is 4.39 Å². The zero-order valence-electron chi connectivity index (χ0n) is 17.4. The van der Waals surface area contributed by atoms with E-state index < -0.39 is 11.7 Å². The normalized spacial score (nSPS) is 11.1. The number of nitrogens with zero attached hydrogens (tertiary/aromatic N) is 5. The van der Waals surface area contributed by atoms with Crippen LogP contribution in [0, 0.1) is 5.82 Å². The van der Waals surface area contributed by atoms with E-state index in [1.54, 1.807) is 37.6 Å². The zero-order chi connectivity index (χ0) is 22.9. The molecule has 164 valence electrons. The first-order valence-corrected chi connectivity index (χ1v) is 9.90. The van der Waals surface area contributed by atoms with Crippen molar-refractivity contribution in [2.45, 2.75) is 6.61 Å². The van der Waals surface area contributed by atoms with Crippen molar-refractivity contribution in [2.24, 2.45) is 5.73 Å². The van der Waals surface area contributed by atoms with E-state index in [4.69, 9.17) is 15.2 Å². The highest BCUT2D eigenvalue weighted by Crippen LogP contribution is 2.28. The van der Waals surface area contributed by atoms with Crippen LogP contribution in [0.15, 0.2) is 60.8 Å². The highest BCUT2D eigenvalue weighted by Gasteiger charge is 2.14. The molecule has 3 heterocycles. The Balaban J connectivity index is 1.45. The minimum absolute atomic E-state index is 0.0950. The number of aromatic nitrogens is 5. The number of hydrogen-bond donors (Lipinski definition) is 1. The molecule has 0 saturated carbocycles. The molecule has 0 fully saturated rings. The summed E-state index contributed by atoms with van der Waals surface area (Å²) < 4.78 is 27.0. The molecule has 33 heavy (non-hydrogen) atoms. The summed E-state index contributed by atoms with van der Waals surface area (Å²) in [5, 5.41) is 13.6. The zero-order valence-corrected chi connectivity index (χ0v) is 17.4. The standard InChI is InChI=1S/C23H17FN6O3/c1-32-14-3-5-16-19(11-14)26-9-8-20(16)33-12-22-28-27-21-7-6-18(29-30(21)22)13-2-4-15(23(25)31)17(24)10-13/h2-11H,12H2,1H3,(H2,25,31). The number of nitrogens with two attached hydrogens (primary N) is 1. The summed E-state index contributed by atoms with van der Waals surface area (Å²) in [6.45, 7) is 0.0950. The van der Waals surface area contributed by atoms with Gasteiger partial charge in [-0.05, 0) is 42.5 Å². The van der Waals surface area contributed by atoms with Crippen molar-refractivity contribution >= 4 is 22.5 Å². The van der Waals surface area contributed by atoms with E-state index in [1.165, 1.54) is 16.6 Å². The lowest BCUT2D eigenvalue weighted by Crippen LogP contribution is -2.13. The number of ether oxygens (including phenoxy) is 2. The molecule has 0 spiro atoms. The molecule has 0 aliphatic heterocycles. The van der Waals surface area contributed by atoms with Crippen LogP contribution >= 0.6 is 0 Å². The van der Waals surface area contributed by atoms with Crippen molar-refractivity contribution in [1.82, 2.24) is 24.8 Å². The van der Waals surface area contributed by atoms with Gasteiger partial charge in [-0.2, -0.15) is 9.61 Å². The van der Waals surface area contributed by atoms with Crippen LogP contribution in [0.1, 0.15) is 16.2 Å². The maximum Gasteiger partial charge on any atom is 0.251 e. The van der Waals surface area contributed by atoms with Crippen LogP contribution in [-0.2, 0) is 6.61 Å². The SMILES string of the molecule is COc1ccc2c(OCc3nnc4ccc(-c5ccc(C(N)=O)c(F)c5)nn34)ccnc2c1. The van der Waals surface area contributed by atoms with Gasteiger partial charge in [0.15, 0.2) is 11.5 Å². The number of methoxy groups -OCH3 is 1. The highest BCUT2D eigenvalue weighted by atomic mass is 19.1. The quantitative estimate of drug-likeness (QED) is 0.427. The van der Waals surface area contributed by atoms with Crippen molar-refractivity contribution in [2.75, 3.05) is 7.11 Å². The fraction of sp³-hybridized carbons (Fsp3) is 0.0870. The third-order valence-corrected chi connectivity index (χ3v) is 5.12. The van der Waals surface area contributed by atoms with Crippen LogP contribution in [0.3, 0.4) is 0 Å². The molecule has 0 aliphatic rings. The molecule has 0 bridgehead atoms. The van der Waals surface area contributed by atoms with E-state index in [9.17, 15) is 9.18 Å². The van der Waals surface area contributed by atoms with Gasteiger partial charge < -0.3 is 15.2 Å². The van der Waals surface area contributed by atoms with Gasteiger partial charge in [-0.25, -0.2) is 4.39 Å². The van der Waals surface area contributed by atoms with Crippen LogP contribution < -0.4 is 15.2 Å². The largest absolute Gasteiger partial charge is 0.497 e. The number of amides is 1. The van der Waals surface area contributed by atoms with Gasteiger partial charge in [0.1, 0.15) is 23.9 Å². The Kier molecular flexibility index (Phi) is 5.02. The second-order valence-corrected chi connectivity index (χ2v) is 7.14. The minimum atomic E-state index is -0.831. The number of halogens is 1. The molecule has 5 rings (SSSR count). The average Bonchev–Trinajstić information content (AvgIpc) is 3.24. The summed E-state index contributed by atoms with van der Waals surface area (Å²) in [6.07, 6.45) is 1.65. The fourth-order valence-electron chi connectivity index (χ4n) is 3.45. The number of rotatable bonds is 6. The van der Waals surface area contributed by atoms with Gasteiger partial charge in [-0.1, -0.05) is 6.07 Å². The maximum absolute atomic E-state index is 14.2. The molecule has 10 heteroatoms. The second-order valence-electron chi connectivity index (χ2n) is 7.14. The van der Waals surface area contributed by atoms with Crippen molar-refractivity contribution in [1.29, 1.82) is 0 Å². The van der Waals surface area contributed by atoms with Crippen molar-refractivity contribution in [3.05, 3.63) is 78.0 Å². The maximum atomic E-state index is 14.2. The first kappa shape index (κ1) is 20.3. The molecule has 2 aromatic carbocycles. The molecule has 1 amide bonds. The number of primary amides is 1. The van der Waals surface area contributed by atoms with E-state index >= 15 is 0 Å². The van der Waals surface area contributed by atoms with E-state index in [0.717, 1.165) is 10.9 Å². The number of benzene rings is 2.